The maximum atomic E-state index is 12.4. The Kier molecular flexibility index (Phi) is 8.35. The van der Waals surface area contributed by atoms with Crippen LogP contribution in [-0.2, 0) is 0 Å². The molecular weight excluding hydrogens is 467 g/mol. The van der Waals surface area contributed by atoms with Crippen LogP contribution in [0, 0.1) is 6.92 Å². The van der Waals surface area contributed by atoms with Crippen molar-refractivity contribution >= 4 is 35.8 Å². The zero-order valence-electron chi connectivity index (χ0n) is 16.7. The Balaban J connectivity index is 0.00000280. The van der Waals surface area contributed by atoms with E-state index in [2.05, 4.69) is 53.3 Å². The minimum absolute atomic E-state index is 0. The van der Waals surface area contributed by atoms with Crippen molar-refractivity contribution in [3.05, 3.63) is 59.5 Å². The molecule has 28 heavy (non-hydrogen) atoms. The Labute approximate surface area is 184 Å². The van der Waals surface area contributed by atoms with Crippen LogP contribution in [0.1, 0.15) is 34.5 Å². The van der Waals surface area contributed by atoms with Crippen molar-refractivity contribution in [3.63, 3.8) is 0 Å². The summed E-state index contributed by atoms with van der Waals surface area (Å²) in [6, 6.07) is 12.1. The van der Waals surface area contributed by atoms with Gasteiger partial charge in [0, 0.05) is 39.8 Å². The van der Waals surface area contributed by atoms with Crippen LogP contribution in [0.25, 0.3) is 0 Å². The molecule has 0 spiro atoms. The number of furan rings is 1. The number of carbonyl (C=O) groups excluding carboxylic acids is 1. The van der Waals surface area contributed by atoms with Gasteiger partial charge in [0.1, 0.15) is 0 Å². The third-order valence-corrected chi connectivity index (χ3v) is 4.99. The first-order valence-electron chi connectivity index (χ1n) is 9.43. The molecule has 0 aliphatic carbocycles. The van der Waals surface area contributed by atoms with Crippen LogP contribution in [-0.4, -0.2) is 61.4 Å². The Morgan fingerprint density at radius 1 is 1.18 bits per heavy atom. The van der Waals surface area contributed by atoms with Gasteiger partial charge in [0.25, 0.3) is 5.91 Å². The molecule has 1 aliphatic rings. The van der Waals surface area contributed by atoms with E-state index < -0.39 is 0 Å². The maximum absolute atomic E-state index is 12.4. The first-order chi connectivity index (χ1) is 13.1. The number of piperazine rings is 1. The molecule has 0 saturated carbocycles. The van der Waals surface area contributed by atoms with Crippen LogP contribution in [0.5, 0.6) is 0 Å². The zero-order valence-corrected chi connectivity index (χ0v) is 19.1. The molecule has 1 N–H and O–H groups in total. The summed E-state index contributed by atoms with van der Waals surface area (Å²) in [5.41, 5.74) is 2.60. The first kappa shape index (κ1) is 22.3. The first-order valence-corrected chi connectivity index (χ1v) is 9.43. The largest absolute Gasteiger partial charge is 0.459 e. The number of guanidine groups is 1. The van der Waals surface area contributed by atoms with Gasteiger partial charge in [-0.3, -0.25) is 9.79 Å². The van der Waals surface area contributed by atoms with Gasteiger partial charge in [-0.2, -0.15) is 0 Å². The molecule has 3 rings (SSSR count). The molecule has 1 fully saturated rings. The molecule has 7 heteroatoms. The summed E-state index contributed by atoms with van der Waals surface area (Å²) in [5, 5.41) is 3.48. The third kappa shape index (κ3) is 5.50. The SMILES string of the molecule is CN=C(NCC(C)c1cccc(C)c1)N1CCN(C(=O)c2ccco2)CC1.I. The smallest absolute Gasteiger partial charge is 0.289 e. The molecule has 2 heterocycles. The van der Waals surface area contributed by atoms with Crippen molar-refractivity contribution in [1.29, 1.82) is 0 Å². The lowest BCUT2D eigenvalue weighted by Gasteiger charge is -2.36. The summed E-state index contributed by atoms with van der Waals surface area (Å²) in [6.45, 7) is 7.99. The fourth-order valence-corrected chi connectivity index (χ4v) is 3.35. The van der Waals surface area contributed by atoms with Gasteiger partial charge in [0.15, 0.2) is 11.7 Å². The van der Waals surface area contributed by atoms with Gasteiger partial charge in [-0.15, -0.1) is 24.0 Å². The minimum atomic E-state index is -0.0457. The molecule has 1 aromatic heterocycles. The van der Waals surface area contributed by atoms with Crippen LogP contribution in [0.2, 0.25) is 0 Å². The van der Waals surface area contributed by atoms with E-state index in [1.807, 2.05) is 4.90 Å². The normalized spacial score (nSPS) is 15.8. The monoisotopic (exact) mass is 496 g/mol. The van der Waals surface area contributed by atoms with E-state index in [9.17, 15) is 4.79 Å². The van der Waals surface area contributed by atoms with Crippen molar-refractivity contribution in [2.24, 2.45) is 4.99 Å². The van der Waals surface area contributed by atoms with E-state index in [-0.39, 0.29) is 29.9 Å². The summed E-state index contributed by atoms with van der Waals surface area (Å²) in [5.74, 6) is 1.64. The van der Waals surface area contributed by atoms with Gasteiger partial charge in [0.2, 0.25) is 0 Å². The summed E-state index contributed by atoms with van der Waals surface area (Å²) < 4.78 is 5.22. The summed E-state index contributed by atoms with van der Waals surface area (Å²) in [6.07, 6.45) is 1.53. The summed E-state index contributed by atoms with van der Waals surface area (Å²) >= 11 is 0. The van der Waals surface area contributed by atoms with Crippen molar-refractivity contribution in [2.45, 2.75) is 19.8 Å². The second-order valence-electron chi connectivity index (χ2n) is 7.00. The lowest BCUT2D eigenvalue weighted by Crippen LogP contribution is -2.54. The molecule has 1 unspecified atom stereocenters. The topological polar surface area (TPSA) is 61.1 Å². The molecule has 1 saturated heterocycles. The molecule has 6 nitrogen and oxygen atoms in total. The molecule has 1 aromatic carbocycles. The van der Waals surface area contributed by atoms with Crippen molar-refractivity contribution in [1.82, 2.24) is 15.1 Å². The molecule has 1 atom stereocenters. The van der Waals surface area contributed by atoms with Gasteiger partial charge in [0.05, 0.1) is 6.26 Å². The van der Waals surface area contributed by atoms with E-state index in [1.165, 1.54) is 17.4 Å². The number of rotatable bonds is 4. The summed E-state index contributed by atoms with van der Waals surface area (Å²) in [4.78, 5) is 20.8. The Morgan fingerprint density at radius 3 is 2.50 bits per heavy atom. The number of carbonyl (C=O) groups is 1. The lowest BCUT2D eigenvalue weighted by molar-refractivity contribution is 0.0657. The lowest BCUT2D eigenvalue weighted by atomic mass is 9.99. The predicted molar refractivity (Wildman–Crippen MR) is 123 cm³/mol. The highest BCUT2D eigenvalue weighted by Crippen LogP contribution is 2.16. The van der Waals surface area contributed by atoms with Gasteiger partial charge < -0.3 is 19.5 Å². The molecule has 1 aliphatic heterocycles. The highest BCUT2D eigenvalue weighted by Gasteiger charge is 2.25. The van der Waals surface area contributed by atoms with Crippen LogP contribution < -0.4 is 5.32 Å². The van der Waals surface area contributed by atoms with Crippen LogP contribution in [0.4, 0.5) is 0 Å². The van der Waals surface area contributed by atoms with Gasteiger partial charge in [-0.1, -0.05) is 36.8 Å². The fourth-order valence-electron chi connectivity index (χ4n) is 3.35. The Bertz CT molecular complexity index is 783. The number of nitrogens with one attached hydrogen (secondary N) is 1. The standard InChI is InChI=1S/C21H28N4O2.HI/c1-16-6-4-7-18(14-16)17(2)15-23-21(22-3)25-11-9-24(10-12-25)20(26)19-8-5-13-27-19;/h4-8,13-14,17H,9-12,15H2,1-3H3,(H,22,23);1H. The molecule has 0 radical (unpaired) electrons. The second kappa shape index (κ2) is 10.5. The number of hydrogen-bond acceptors (Lipinski definition) is 3. The van der Waals surface area contributed by atoms with E-state index in [1.54, 1.807) is 19.2 Å². The quantitative estimate of drug-likeness (QED) is 0.401. The maximum Gasteiger partial charge on any atom is 0.289 e. The molecular formula is C21H29IN4O2. The van der Waals surface area contributed by atoms with Crippen molar-refractivity contribution < 1.29 is 9.21 Å². The average molecular weight is 496 g/mol. The van der Waals surface area contributed by atoms with Crippen LogP contribution in [0.15, 0.2) is 52.1 Å². The molecule has 0 bridgehead atoms. The van der Waals surface area contributed by atoms with Gasteiger partial charge >= 0.3 is 0 Å². The number of aliphatic imine (C=N–C) groups is 1. The van der Waals surface area contributed by atoms with Gasteiger partial charge in [-0.05, 0) is 30.5 Å². The zero-order chi connectivity index (χ0) is 19.2. The van der Waals surface area contributed by atoms with E-state index >= 15 is 0 Å². The number of aryl methyl sites for hydroxylation is 1. The van der Waals surface area contributed by atoms with E-state index in [0.29, 0.717) is 24.8 Å². The third-order valence-electron chi connectivity index (χ3n) is 4.99. The molecule has 2 aromatic rings. The van der Waals surface area contributed by atoms with Crippen LogP contribution in [0.3, 0.4) is 0 Å². The van der Waals surface area contributed by atoms with Crippen molar-refractivity contribution in [3.8, 4) is 0 Å². The Hall–Kier alpha value is -2.03. The fraction of sp³-hybridized carbons (Fsp3) is 0.429. The van der Waals surface area contributed by atoms with Crippen LogP contribution >= 0.6 is 24.0 Å². The highest BCUT2D eigenvalue weighted by atomic mass is 127. The minimum Gasteiger partial charge on any atom is -0.459 e. The summed E-state index contributed by atoms with van der Waals surface area (Å²) in [7, 11) is 1.81. The second-order valence-corrected chi connectivity index (χ2v) is 7.00. The van der Waals surface area contributed by atoms with Gasteiger partial charge in [-0.25, -0.2) is 0 Å². The highest BCUT2D eigenvalue weighted by molar-refractivity contribution is 14.0. The molecule has 152 valence electrons. The number of halogens is 1. The predicted octanol–water partition coefficient (Wildman–Crippen LogP) is 3.34. The van der Waals surface area contributed by atoms with E-state index in [4.69, 9.17) is 4.42 Å². The number of hydrogen-bond donors (Lipinski definition) is 1. The molecule has 1 amide bonds. The number of amides is 1. The van der Waals surface area contributed by atoms with Crippen molar-refractivity contribution in [2.75, 3.05) is 39.8 Å². The Morgan fingerprint density at radius 2 is 1.89 bits per heavy atom. The number of benzene rings is 1. The number of nitrogens with zero attached hydrogens (tertiary/aromatic N) is 3. The van der Waals surface area contributed by atoms with E-state index in [0.717, 1.165) is 25.6 Å². The average Bonchev–Trinajstić information content (AvgIpc) is 3.23.